The lowest BCUT2D eigenvalue weighted by Crippen LogP contribution is -2.54. The Morgan fingerprint density at radius 3 is 2.29 bits per heavy atom. The molecule has 0 bridgehead atoms. The summed E-state index contributed by atoms with van der Waals surface area (Å²) in [6.45, 7) is 1.76. The quantitative estimate of drug-likeness (QED) is 0.839. The van der Waals surface area contributed by atoms with Crippen LogP contribution in [0.1, 0.15) is 25.7 Å². The van der Waals surface area contributed by atoms with Crippen LogP contribution in [0.2, 0.25) is 0 Å². The molecule has 0 aromatic rings. The number of likely N-dealkylation sites (tertiary alicyclic amines) is 1. The van der Waals surface area contributed by atoms with Crippen LogP contribution >= 0.6 is 0 Å². The zero-order valence-electron chi connectivity index (χ0n) is 12.6. The topological polar surface area (TPSA) is 35.6 Å². The van der Waals surface area contributed by atoms with Crippen molar-refractivity contribution < 1.29 is 18.0 Å². The van der Waals surface area contributed by atoms with E-state index in [0.717, 1.165) is 25.9 Å². The van der Waals surface area contributed by atoms with Crippen LogP contribution in [0.15, 0.2) is 0 Å². The number of piperidine rings is 2. The fourth-order valence-corrected chi connectivity index (χ4v) is 3.15. The Kier molecular flexibility index (Phi) is 5.14. The van der Waals surface area contributed by atoms with Crippen LogP contribution in [0.5, 0.6) is 0 Å². The molecule has 0 aliphatic carbocycles. The SMILES string of the molecule is CN1CCC(N(C)C(=O)C2CCC(C(F)(F)F)CN2)CC1. The lowest BCUT2D eigenvalue weighted by Gasteiger charge is -2.38. The van der Waals surface area contributed by atoms with Crippen LogP contribution in [0.4, 0.5) is 13.2 Å². The minimum atomic E-state index is -4.17. The van der Waals surface area contributed by atoms with Crippen molar-refractivity contribution in [3.8, 4) is 0 Å². The van der Waals surface area contributed by atoms with E-state index in [1.54, 1.807) is 11.9 Å². The van der Waals surface area contributed by atoms with E-state index in [-0.39, 0.29) is 31.3 Å². The summed E-state index contributed by atoms with van der Waals surface area (Å²) in [6, 6.07) is -0.260. The molecule has 1 amide bonds. The van der Waals surface area contributed by atoms with Gasteiger partial charge in [0.2, 0.25) is 5.91 Å². The Morgan fingerprint density at radius 1 is 1.19 bits per heavy atom. The molecule has 0 saturated carbocycles. The van der Waals surface area contributed by atoms with Gasteiger partial charge in [0.25, 0.3) is 0 Å². The molecule has 2 unspecified atom stereocenters. The smallest absolute Gasteiger partial charge is 0.341 e. The van der Waals surface area contributed by atoms with Gasteiger partial charge in [-0.1, -0.05) is 0 Å². The number of nitrogens with one attached hydrogen (secondary N) is 1. The molecule has 1 N–H and O–H groups in total. The maximum absolute atomic E-state index is 12.6. The molecular formula is C14H24F3N3O. The summed E-state index contributed by atoms with van der Waals surface area (Å²) >= 11 is 0. The summed E-state index contributed by atoms with van der Waals surface area (Å²) in [5, 5.41) is 2.78. The van der Waals surface area contributed by atoms with Gasteiger partial charge in [0.1, 0.15) is 0 Å². The Balaban J connectivity index is 1.84. The van der Waals surface area contributed by atoms with Crippen molar-refractivity contribution in [1.29, 1.82) is 0 Å². The number of hydrogen-bond acceptors (Lipinski definition) is 3. The molecule has 0 aromatic carbocycles. The van der Waals surface area contributed by atoms with E-state index < -0.39 is 18.1 Å². The van der Waals surface area contributed by atoms with Crippen LogP contribution < -0.4 is 5.32 Å². The molecule has 0 aromatic heterocycles. The number of nitrogens with zero attached hydrogens (tertiary/aromatic N) is 2. The van der Waals surface area contributed by atoms with Gasteiger partial charge in [0, 0.05) is 19.6 Å². The number of alkyl halides is 3. The van der Waals surface area contributed by atoms with Crippen molar-refractivity contribution in [3.05, 3.63) is 0 Å². The minimum absolute atomic E-state index is 0.0359. The van der Waals surface area contributed by atoms with E-state index in [2.05, 4.69) is 17.3 Å². The molecule has 2 atom stereocenters. The highest BCUT2D eigenvalue weighted by molar-refractivity contribution is 5.82. The van der Waals surface area contributed by atoms with Gasteiger partial charge in [-0.05, 0) is 45.8 Å². The Morgan fingerprint density at radius 2 is 1.81 bits per heavy atom. The molecule has 2 aliphatic rings. The molecule has 4 nitrogen and oxygen atoms in total. The summed E-state index contributed by atoms with van der Waals surface area (Å²) in [5.41, 5.74) is 0. The third kappa shape index (κ3) is 4.10. The van der Waals surface area contributed by atoms with E-state index >= 15 is 0 Å². The second-order valence-electron chi connectivity index (χ2n) is 6.26. The Bertz CT molecular complexity index is 359. The first-order chi connectivity index (χ1) is 9.79. The van der Waals surface area contributed by atoms with Crippen molar-refractivity contribution >= 4 is 5.91 Å². The van der Waals surface area contributed by atoms with Gasteiger partial charge in [-0.3, -0.25) is 4.79 Å². The van der Waals surface area contributed by atoms with Gasteiger partial charge in [-0.2, -0.15) is 13.2 Å². The fourth-order valence-electron chi connectivity index (χ4n) is 3.15. The van der Waals surface area contributed by atoms with Crippen LogP contribution in [-0.4, -0.2) is 67.7 Å². The number of halogens is 3. The third-order valence-electron chi connectivity index (χ3n) is 4.76. The van der Waals surface area contributed by atoms with Crippen molar-refractivity contribution in [3.63, 3.8) is 0 Å². The summed E-state index contributed by atoms with van der Waals surface area (Å²) in [4.78, 5) is 16.4. The van der Waals surface area contributed by atoms with Gasteiger partial charge in [-0.25, -0.2) is 0 Å². The number of carbonyl (C=O) groups is 1. The van der Waals surface area contributed by atoms with E-state index in [1.807, 2.05) is 0 Å². The standard InChI is InChI=1S/C14H24F3N3O/c1-19-7-5-11(6-8-19)20(2)13(21)12-4-3-10(9-18-12)14(15,16)17/h10-12,18H,3-9H2,1-2H3. The molecule has 0 spiro atoms. The maximum atomic E-state index is 12.6. The summed E-state index contributed by atoms with van der Waals surface area (Å²) in [6.07, 6.45) is -2.01. The van der Waals surface area contributed by atoms with E-state index in [4.69, 9.17) is 0 Å². The highest BCUT2D eigenvalue weighted by Gasteiger charge is 2.43. The molecule has 0 radical (unpaired) electrons. The van der Waals surface area contributed by atoms with Gasteiger partial charge < -0.3 is 15.1 Å². The normalized spacial score (nSPS) is 29.4. The van der Waals surface area contributed by atoms with Crippen LogP contribution in [0, 0.1) is 5.92 Å². The number of carbonyl (C=O) groups excluding carboxylic acids is 1. The second-order valence-corrected chi connectivity index (χ2v) is 6.26. The highest BCUT2D eigenvalue weighted by Crippen LogP contribution is 2.32. The largest absolute Gasteiger partial charge is 0.393 e. The predicted octanol–water partition coefficient (Wildman–Crippen LogP) is 1.47. The number of likely N-dealkylation sites (N-methyl/N-ethyl adjacent to an activating group) is 1. The van der Waals surface area contributed by atoms with Crippen LogP contribution in [-0.2, 0) is 4.79 Å². The van der Waals surface area contributed by atoms with Crippen LogP contribution in [0.3, 0.4) is 0 Å². The predicted molar refractivity (Wildman–Crippen MR) is 73.9 cm³/mol. The summed E-state index contributed by atoms with van der Waals surface area (Å²) in [5.74, 6) is -1.39. The van der Waals surface area contributed by atoms with E-state index in [0.29, 0.717) is 0 Å². The zero-order chi connectivity index (χ0) is 15.6. The Hall–Kier alpha value is -0.820. The lowest BCUT2D eigenvalue weighted by atomic mass is 9.93. The molecule has 2 rings (SSSR count). The highest BCUT2D eigenvalue weighted by atomic mass is 19.4. The van der Waals surface area contributed by atoms with Gasteiger partial charge in [0.15, 0.2) is 0 Å². The van der Waals surface area contributed by atoms with Gasteiger partial charge in [0.05, 0.1) is 12.0 Å². The van der Waals surface area contributed by atoms with Crippen LogP contribution in [0.25, 0.3) is 0 Å². The van der Waals surface area contributed by atoms with Gasteiger partial charge >= 0.3 is 6.18 Å². The zero-order valence-corrected chi connectivity index (χ0v) is 12.6. The summed E-state index contributed by atoms with van der Waals surface area (Å²) < 4.78 is 37.8. The van der Waals surface area contributed by atoms with Crippen molar-refractivity contribution in [1.82, 2.24) is 15.1 Å². The van der Waals surface area contributed by atoms with Crippen molar-refractivity contribution in [2.75, 3.05) is 33.7 Å². The average molecular weight is 307 g/mol. The Labute approximate surface area is 123 Å². The number of rotatable bonds is 2. The molecule has 2 fully saturated rings. The van der Waals surface area contributed by atoms with E-state index in [9.17, 15) is 18.0 Å². The van der Waals surface area contributed by atoms with Crippen molar-refractivity contribution in [2.45, 2.75) is 43.9 Å². The molecule has 122 valence electrons. The van der Waals surface area contributed by atoms with Crippen molar-refractivity contribution in [2.24, 2.45) is 5.92 Å². The summed E-state index contributed by atoms with van der Waals surface area (Å²) in [7, 11) is 3.83. The molecule has 2 heterocycles. The monoisotopic (exact) mass is 307 g/mol. The molecule has 2 aliphatic heterocycles. The maximum Gasteiger partial charge on any atom is 0.393 e. The molecule has 7 heteroatoms. The molecular weight excluding hydrogens is 283 g/mol. The molecule has 21 heavy (non-hydrogen) atoms. The van der Waals surface area contributed by atoms with E-state index in [1.165, 1.54) is 0 Å². The lowest BCUT2D eigenvalue weighted by molar-refractivity contribution is -0.180. The number of amides is 1. The first-order valence-electron chi connectivity index (χ1n) is 7.54. The molecule has 2 saturated heterocycles. The second kappa shape index (κ2) is 6.52. The first-order valence-corrected chi connectivity index (χ1v) is 7.54. The number of hydrogen-bond donors (Lipinski definition) is 1. The minimum Gasteiger partial charge on any atom is -0.341 e. The van der Waals surface area contributed by atoms with Gasteiger partial charge in [-0.15, -0.1) is 0 Å². The fraction of sp³-hybridized carbons (Fsp3) is 0.929. The third-order valence-corrected chi connectivity index (χ3v) is 4.76. The average Bonchev–Trinajstić information content (AvgIpc) is 2.46. The first kappa shape index (κ1) is 16.5.